The first-order chi connectivity index (χ1) is 49.8. The third-order valence-corrected chi connectivity index (χ3v) is 26.6. The molecule has 42 atom stereocenters. The Morgan fingerprint density at radius 2 is 0.896 bits per heavy atom. The van der Waals surface area contributed by atoms with Crippen LogP contribution in [0.15, 0.2) is 11.6 Å². The van der Waals surface area contributed by atoms with Crippen molar-refractivity contribution in [1.29, 1.82) is 0 Å². The highest BCUT2D eigenvalue weighted by atomic mass is 16.8. The molecule has 0 aromatic carbocycles. The molecular formula is C69H110O37. The second-order valence-corrected chi connectivity index (χ2v) is 33.3. The molecule has 4 saturated carbocycles. The van der Waals surface area contributed by atoms with E-state index >= 15 is 4.79 Å². The number of carboxylic acid groups (broad SMARTS) is 1. The van der Waals surface area contributed by atoms with Crippen LogP contribution < -0.4 is 0 Å². The molecule has 608 valence electrons. The first kappa shape index (κ1) is 82.8. The maximum atomic E-state index is 15.7. The number of rotatable bonds is 18. The van der Waals surface area contributed by atoms with Crippen molar-refractivity contribution in [2.45, 2.75) is 315 Å². The first-order valence-corrected chi connectivity index (χ1v) is 36.7. The highest BCUT2D eigenvalue weighted by Gasteiger charge is 2.74. The van der Waals surface area contributed by atoms with Gasteiger partial charge in [-0.25, -0.2) is 0 Å². The molecule has 37 nitrogen and oxygen atoms in total. The van der Waals surface area contributed by atoms with Crippen molar-refractivity contribution in [2.75, 3.05) is 39.6 Å². The second kappa shape index (κ2) is 31.3. The molecule has 0 spiro atoms. The number of hydrogen-bond donors (Lipinski definition) is 21. The van der Waals surface area contributed by atoms with Crippen LogP contribution in [-0.2, 0) is 75.9 Å². The van der Waals surface area contributed by atoms with E-state index in [1.165, 1.54) is 13.8 Å². The third-order valence-electron chi connectivity index (χ3n) is 26.6. The van der Waals surface area contributed by atoms with E-state index in [9.17, 15) is 112 Å². The predicted molar refractivity (Wildman–Crippen MR) is 345 cm³/mol. The lowest BCUT2D eigenvalue weighted by Gasteiger charge is -2.71. The highest BCUT2D eigenvalue weighted by molar-refractivity contribution is 5.79. The van der Waals surface area contributed by atoms with Crippen LogP contribution in [-0.4, -0.2) is 368 Å². The van der Waals surface area contributed by atoms with Gasteiger partial charge in [-0.15, -0.1) is 0 Å². The predicted octanol–water partition coefficient (Wildman–Crippen LogP) is -7.58. The number of ether oxygens (including phenoxy) is 14. The normalized spacial score (nSPS) is 54.7. The van der Waals surface area contributed by atoms with Crippen LogP contribution in [0.4, 0.5) is 0 Å². The fraction of sp³-hybridized carbons (Fsp3) is 0.942. The summed E-state index contributed by atoms with van der Waals surface area (Å²) in [4.78, 5) is 30.1. The largest absolute Gasteiger partial charge is 0.481 e. The van der Waals surface area contributed by atoms with Gasteiger partial charge in [0.05, 0.1) is 62.7 Å². The molecule has 21 N–H and O–H groups in total. The summed E-state index contributed by atoms with van der Waals surface area (Å²) in [5.41, 5.74) is -5.02. The van der Waals surface area contributed by atoms with Crippen molar-refractivity contribution in [1.82, 2.24) is 0 Å². The van der Waals surface area contributed by atoms with E-state index in [0.717, 1.165) is 5.57 Å². The average Bonchev–Trinajstić information content (AvgIpc) is 0.670. The Morgan fingerprint density at radius 3 is 1.44 bits per heavy atom. The third kappa shape index (κ3) is 14.2. The number of carbonyl (C=O) groups is 2. The van der Waals surface area contributed by atoms with E-state index in [-0.39, 0.29) is 30.6 Å². The Balaban J connectivity index is 0.795. The van der Waals surface area contributed by atoms with Gasteiger partial charge in [0.1, 0.15) is 146 Å². The number of allylic oxidation sites excluding steroid dienone is 2. The summed E-state index contributed by atoms with van der Waals surface area (Å²) in [5.74, 6) is -3.75. The van der Waals surface area contributed by atoms with Crippen molar-refractivity contribution in [3.8, 4) is 0 Å². The fourth-order valence-electron chi connectivity index (χ4n) is 20.1. The number of aliphatic hydroxyl groups is 20. The molecule has 5 aliphatic carbocycles. The highest BCUT2D eigenvalue weighted by Crippen LogP contribution is 2.76. The average molecular weight is 1530 g/mol. The Hall–Kier alpha value is -2.64. The molecule has 42 unspecified atom stereocenters. The molecule has 0 bridgehead atoms. The van der Waals surface area contributed by atoms with Gasteiger partial charge in [0.15, 0.2) is 43.8 Å². The van der Waals surface area contributed by atoms with Gasteiger partial charge in [0, 0.05) is 0 Å². The molecular weight excluding hydrogens is 1420 g/mol. The summed E-state index contributed by atoms with van der Waals surface area (Å²) in [6.07, 6.45) is -56.4. The molecule has 0 aromatic rings. The molecule has 106 heavy (non-hydrogen) atoms. The quantitative estimate of drug-likeness (QED) is 0.0344. The van der Waals surface area contributed by atoms with E-state index in [0.29, 0.717) is 38.5 Å². The van der Waals surface area contributed by atoms with Crippen LogP contribution in [0.1, 0.15) is 106 Å². The van der Waals surface area contributed by atoms with E-state index in [4.69, 9.17) is 66.3 Å². The first-order valence-electron chi connectivity index (χ1n) is 36.7. The van der Waals surface area contributed by atoms with Gasteiger partial charge in [0.2, 0.25) is 6.29 Å². The van der Waals surface area contributed by atoms with Gasteiger partial charge in [-0.05, 0) is 111 Å². The number of carbonyl (C=O) groups excluding carboxylic acids is 1. The summed E-state index contributed by atoms with van der Waals surface area (Å²) >= 11 is 0. The zero-order chi connectivity index (χ0) is 77.3. The maximum Gasteiger partial charge on any atom is 0.315 e. The number of fused-ring (bicyclic) bond motifs is 7. The lowest BCUT2D eigenvalue weighted by molar-refractivity contribution is -0.400. The van der Waals surface area contributed by atoms with E-state index < -0.39 is 299 Å². The molecule has 0 amide bonds. The van der Waals surface area contributed by atoms with Gasteiger partial charge < -0.3 is 174 Å². The van der Waals surface area contributed by atoms with E-state index in [1.54, 1.807) is 0 Å². The minimum Gasteiger partial charge on any atom is -0.481 e. The summed E-state index contributed by atoms with van der Waals surface area (Å²) < 4.78 is 84.1. The van der Waals surface area contributed by atoms with Crippen molar-refractivity contribution in [3.05, 3.63) is 11.6 Å². The van der Waals surface area contributed by atoms with Crippen LogP contribution in [0.2, 0.25) is 0 Å². The maximum absolute atomic E-state index is 15.7. The van der Waals surface area contributed by atoms with Crippen molar-refractivity contribution < 1.29 is 183 Å². The van der Waals surface area contributed by atoms with Gasteiger partial charge in [-0.2, -0.15) is 0 Å². The lowest BCUT2D eigenvalue weighted by atomic mass is 9.33. The van der Waals surface area contributed by atoms with Crippen molar-refractivity contribution in [2.24, 2.45) is 50.2 Å². The molecule has 7 saturated heterocycles. The smallest absolute Gasteiger partial charge is 0.315 e. The molecule has 11 fully saturated rings. The van der Waals surface area contributed by atoms with Crippen LogP contribution in [0.25, 0.3) is 0 Å². The SMILES string of the molecule is CC1OC(OC2C(OC(=O)C34CCC(C)(C)CC3C3=CCC5C6(C)CC(O)C(OC7OC(CO)C(O)C(O)C7OC7OC(CO)C(O)C(O)C7OC7OC(CO)C(O)C(O)C7O)C(C)(C(=O)O)C6CCC5(C)C3(C)CC4)OCC(O)C2O)C(O)C(OC2OCC(O)C(O)C2O)C1OC1OCC(O)C(O)C1O. The molecule has 12 rings (SSSR count). The number of aliphatic carboxylic acids is 1. The number of hydrogen-bond acceptors (Lipinski definition) is 36. The van der Waals surface area contributed by atoms with E-state index in [2.05, 4.69) is 33.8 Å². The number of carboxylic acids is 1. The molecule has 12 aliphatic rings. The molecule has 0 radical (unpaired) electrons. The van der Waals surface area contributed by atoms with Crippen LogP contribution in [0.3, 0.4) is 0 Å². The number of aliphatic hydroxyl groups excluding tert-OH is 20. The molecule has 0 aromatic heterocycles. The summed E-state index contributed by atoms with van der Waals surface area (Å²) in [7, 11) is 0. The Morgan fingerprint density at radius 1 is 0.443 bits per heavy atom. The number of esters is 1. The van der Waals surface area contributed by atoms with Gasteiger partial charge in [0.25, 0.3) is 0 Å². The summed E-state index contributed by atoms with van der Waals surface area (Å²) in [5, 5.41) is 231. The van der Waals surface area contributed by atoms with Crippen molar-refractivity contribution in [3.63, 3.8) is 0 Å². The lowest BCUT2D eigenvalue weighted by Crippen LogP contribution is -2.71. The molecule has 7 heterocycles. The Bertz CT molecular complexity index is 3060. The van der Waals surface area contributed by atoms with Crippen molar-refractivity contribution >= 4 is 11.9 Å². The monoisotopic (exact) mass is 1530 g/mol. The minimum absolute atomic E-state index is 0.0775. The summed E-state index contributed by atoms with van der Waals surface area (Å²) in [6, 6.07) is 0. The van der Waals surface area contributed by atoms with Crippen LogP contribution in [0, 0.1) is 50.2 Å². The zero-order valence-electron chi connectivity index (χ0n) is 60.0. The second-order valence-electron chi connectivity index (χ2n) is 33.3. The molecule has 37 heteroatoms. The topological polar surface area (TPSA) is 588 Å². The van der Waals surface area contributed by atoms with Gasteiger partial charge in [-0.3, -0.25) is 9.59 Å². The van der Waals surface area contributed by atoms with Gasteiger partial charge in [-0.1, -0.05) is 46.3 Å². The van der Waals surface area contributed by atoms with Gasteiger partial charge >= 0.3 is 11.9 Å². The molecule has 7 aliphatic heterocycles. The zero-order valence-corrected chi connectivity index (χ0v) is 60.0. The van der Waals surface area contributed by atoms with Crippen LogP contribution in [0.5, 0.6) is 0 Å². The Labute approximate surface area is 609 Å². The minimum atomic E-state index is -2.12. The van der Waals surface area contributed by atoms with E-state index in [1.807, 2.05) is 6.92 Å². The summed E-state index contributed by atoms with van der Waals surface area (Å²) in [6.45, 7) is 8.97. The fourth-order valence-corrected chi connectivity index (χ4v) is 20.1. The Kier molecular flexibility index (Phi) is 24.4. The van der Waals surface area contributed by atoms with Crippen LogP contribution >= 0.6 is 0 Å². The standard InChI is InChI=1S/C69H110O37/c1-24-49(100-55-45(86)36(77)28(74)21-93-55)50(101-56-46(87)37(78)29(75)22-94-56)48(89)58(96-24)102-51-38(79)30(76)23-95-59(51)106-63(92)69-14-12-64(2,3)16-26(69)25-8-9-34-65(4)17-27(73)54(68(7,62(90)91)35(65)10-11-67(34,6)66(25,5)13-15-69)105-61-53(44(85)41(82)33(20-72)99-61)104-60-52(43(84)40(81)32(19-71)98-60)103-57-47(88)42(83)39(80)31(18-70)97-57/h8,24,26-61,70-89H,9-23H2,1-7H3,(H,90,91).